The molecule has 0 amide bonds. The molecule has 0 bridgehead atoms. The average molecular weight is 389 g/mol. The zero-order valence-electron chi connectivity index (χ0n) is 16.6. The maximum atomic E-state index is 5.51. The molecule has 0 atom stereocenters. The van der Waals surface area contributed by atoms with Gasteiger partial charge in [0.15, 0.2) is 5.82 Å². The third-order valence-electron chi connectivity index (χ3n) is 5.17. The van der Waals surface area contributed by atoms with Crippen LogP contribution in [0.3, 0.4) is 0 Å². The lowest BCUT2D eigenvalue weighted by molar-refractivity contribution is 0.122. The Morgan fingerprint density at radius 3 is 2.69 bits per heavy atom. The van der Waals surface area contributed by atoms with E-state index in [1.165, 1.54) is 0 Å². The molecule has 1 aromatic carbocycles. The number of ether oxygens (including phenoxy) is 1. The van der Waals surface area contributed by atoms with Crippen molar-refractivity contribution in [1.29, 1.82) is 0 Å². The first-order valence-corrected chi connectivity index (χ1v) is 9.93. The Hall–Kier alpha value is -3.26. The summed E-state index contributed by atoms with van der Waals surface area (Å²) in [4.78, 5) is 24.5. The molecule has 1 saturated heterocycles. The van der Waals surface area contributed by atoms with E-state index < -0.39 is 0 Å². The van der Waals surface area contributed by atoms with E-state index in [2.05, 4.69) is 40.0 Å². The SMILES string of the molecule is CCc1nc(C)cn1-c1nc(-c2cccc3[nH]ccc23)nc(N2CCOCC2)n1. The normalized spacial score (nSPS) is 14.6. The molecule has 3 aromatic heterocycles. The first kappa shape index (κ1) is 17.8. The van der Waals surface area contributed by atoms with Crippen molar-refractivity contribution in [2.75, 3.05) is 31.2 Å². The predicted molar refractivity (Wildman–Crippen MR) is 111 cm³/mol. The van der Waals surface area contributed by atoms with Gasteiger partial charge in [-0.05, 0) is 19.1 Å². The van der Waals surface area contributed by atoms with Gasteiger partial charge < -0.3 is 14.6 Å². The number of aromatic amines is 1. The molecule has 1 N–H and O–H groups in total. The van der Waals surface area contributed by atoms with Gasteiger partial charge >= 0.3 is 0 Å². The molecule has 8 heteroatoms. The van der Waals surface area contributed by atoms with Crippen molar-refractivity contribution >= 4 is 16.9 Å². The van der Waals surface area contributed by atoms with Crippen LogP contribution in [0.15, 0.2) is 36.7 Å². The fourth-order valence-corrected chi connectivity index (χ4v) is 3.74. The van der Waals surface area contributed by atoms with Crippen LogP contribution < -0.4 is 4.90 Å². The molecule has 29 heavy (non-hydrogen) atoms. The highest BCUT2D eigenvalue weighted by atomic mass is 16.5. The van der Waals surface area contributed by atoms with Gasteiger partial charge in [-0.3, -0.25) is 4.57 Å². The smallest absolute Gasteiger partial charge is 0.240 e. The number of rotatable bonds is 4. The Labute approximate surface area is 168 Å². The molecule has 4 heterocycles. The summed E-state index contributed by atoms with van der Waals surface area (Å²) in [6.07, 6.45) is 4.72. The lowest BCUT2D eigenvalue weighted by atomic mass is 10.1. The number of fused-ring (bicyclic) bond motifs is 1. The van der Waals surface area contributed by atoms with Crippen molar-refractivity contribution in [1.82, 2.24) is 29.5 Å². The van der Waals surface area contributed by atoms with Crippen LogP contribution in [0.25, 0.3) is 28.2 Å². The van der Waals surface area contributed by atoms with Gasteiger partial charge in [0.1, 0.15) is 5.82 Å². The second-order valence-electron chi connectivity index (χ2n) is 7.12. The minimum absolute atomic E-state index is 0.599. The first-order chi connectivity index (χ1) is 14.2. The Kier molecular flexibility index (Phi) is 4.48. The second-order valence-corrected chi connectivity index (χ2v) is 7.12. The molecule has 0 radical (unpaired) electrons. The highest BCUT2D eigenvalue weighted by Crippen LogP contribution is 2.27. The number of hydrogen-bond acceptors (Lipinski definition) is 6. The second kappa shape index (κ2) is 7.29. The van der Waals surface area contributed by atoms with Gasteiger partial charge in [0.05, 0.1) is 18.9 Å². The number of imidazole rings is 1. The van der Waals surface area contributed by atoms with Gasteiger partial charge in [-0.1, -0.05) is 19.1 Å². The summed E-state index contributed by atoms with van der Waals surface area (Å²) in [5.74, 6) is 2.87. The molecule has 0 unspecified atom stereocenters. The van der Waals surface area contributed by atoms with Crippen LogP contribution in [-0.4, -0.2) is 55.8 Å². The first-order valence-electron chi connectivity index (χ1n) is 9.93. The fraction of sp³-hybridized carbons (Fsp3) is 0.333. The number of aromatic nitrogens is 6. The van der Waals surface area contributed by atoms with Crippen molar-refractivity contribution in [3.8, 4) is 17.3 Å². The molecule has 0 spiro atoms. The van der Waals surface area contributed by atoms with E-state index in [-0.39, 0.29) is 0 Å². The Morgan fingerprint density at radius 1 is 1.03 bits per heavy atom. The Balaban J connectivity index is 1.71. The van der Waals surface area contributed by atoms with Gasteiger partial charge in [-0.15, -0.1) is 0 Å². The molecule has 148 valence electrons. The molecular weight excluding hydrogens is 366 g/mol. The van der Waals surface area contributed by atoms with Crippen LogP contribution in [0.5, 0.6) is 0 Å². The number of benzene rings is 1. The summed E-state index contributed by atoms with van der Waals surface area (Å²) >= 11 is 0. The molecule has 5 rings (SSSR count). The zero-order valence-corrected chi connectivity index (χ0v) is 16.6. The molecule has 8 nitrogen and oxygen atoms in total. The third-order valence-corrected chi connectivity index (χ3v) is 5.17. The Morgan fingerprint density at radius 2 is 1.86 bits per heavy atom. The lowest BCUT2D eigenvalue weighted by Crippen LogP contribution is -2.37. The van der Waals surface area contributed by atoms with Crippen molar-refractivity contribution in [2.24, 2.45) is 0 Å². The minimum Gasteiger partial charge on any atom is -0.378 e. The van der Waals surface area contributed by atoms with Gasteiger partial charge in [0.25, 0.3) is 0 Å². The van der Waals surface area contributed by atoms with Gasteiger partial charge in [0, 0.05) is 48.4 Å². The summed E-state index contributed by atoms with van der Waals surface area (Å²) in [6, 6.07) is 8.18. The fourth-order valence-electron chi connectivity index (χ4n) is 3.74. The van der Waals surface area contributed by atoms with Crippen LogP contribution in [0.2, 0.25) is 0 Å². The number of nitrogens with zero attached hydrogens (tertiary/aromatic N) is 6. The number of morpholine rings is 1. The molecule has 0 aliphatic carbocycles. The number of hydrogen-bond donors (Lipinski definition) is 1. The maximum Gasteiger partial charge on any atom is 0.240 e. The minimum atomic E-state index is 0.599. The lowest BCUT2D eigenvalue weighted by Gasteiger charge is -2.27. The average Bonchev–Trinajstić information content (AvgIpc) is 3.40. The van der Waals surface area contributed by atoms with E-state index >= 15 is 0 Å². The number of nitrogens with one attached hydrogen (secondary N) is 1. The van der Waals surface area contributed by atoms with Gasteiger partial charge in [0.2, 0.25) is 11.9 Å². The van der Waals surface area contributed by atoms with Crippen LogP contribution in [0.4, 0.5) is 5.95 Å². The zero-order chi connectivity index (χ0) is 19.8. The van der Waals surface area contributed by atoms with Gasteiger partial charge in [-0.2, -0.15) is 15.0 Å². The molecule has 1 fully saturated rings. The van der Waals surface area contributed by atoms with E-state index in [0.29, 0.717) is 30.9 Å². The number of anilines is 1. The van der Waals surface area contributed by atoms with Crippen molar-refractivity contribution in [3.63, 3.8) is 0 Å². The highest BCUT2D eigenvalue weighted by molar-refractivity contribution is 5.93. The summed E-state index contributed by atoms with van der Waals surface area (Å²) in [7, 11) is 0. The largest absolute Gasteiger partial charge is 0.378 e. The molecule has 1 aliphatic rings. The van der Waals surface area contributed by atoms with E-state index in [4.69, 9.17) is 19.7 Å². The van der Waals surface area contributed by atoms with E-state index in [0.717, 1.165) is 47.5 Å². The highest BCUT2D eigenvalue weighted by Gasteiger charge is 2.20. The monoisotopic (exact) mass is 389 g/mol. The quantitative estimate of drug-likeness (QED) is 0.578. The van der Waals surface area contributed by atoms with Crippen LogP contribution in [-0.2, 0) is 11.2 Å². The van der Waals surface area contributed by atoms with E-state index in [1.807, 2.05) is 30.0 Å². The standard InChI is InChI=1S/C21H23N7O/c1-3-18-23-14(2)13-28(18)21-25-19(16-5-4-6-17-15(16)7-8-22-17)24-20(26-21)27-9-11-29-12-10-27/h4-8,13,22H,3,9-12H2,1-2H3. The molecule has 4 aromatic rings. The molecular formula is C21H23N7O. The number of H-pyrrole nitrogens is 1. The maximum absolute atomic E-state index is 5.51. The molecule has 0 saturated carbocycles. The third kappa shape index (κ3) is 3.25. The molecule has 1 aliphatic heterocycles. The summed E-state index contributed by atoms with van der Waals surface area (Å²) in [6.45, 7) is 6.95. The topological polar surface area (TPSA) is 84.8 Å². The summed E-state index contributed by atoms with van der Waals surface area (Å²) in [5.41, 5.74) is 2.99. The van der Waals surface area contributed by atoms with Crippen LogP contribution in [0, 0.1) is 6.92 Å². The van der Waals surface area contributed by atoms with Crippen molar-refractivity contribution in [2.45, 2.75) is 20.3 Å². The van der Waals surface area contributed by atoms with Crippen molar-refractivity contribution in [3.05, 3.63) is 48.2 Å². The van der Waals surface area contributed by atoms with Crippen LogP contribution in [0.1, 0.15) is 18.4 Å². The van der Waals surface area contributed by atoms with E-state index in [9.17, 15) is 0 Å². The van der Waals surface area contributed by atoms with E-state index in [1.54, 1.807) is 0 Å². The van der Waals surface area contributed by atoms with Crippen molar-refractivity contribution < 1.29 is 4.74 Å². The predicted octanol–water partition coefficient (Wildman–Crippen LogP) is 2.91. The van der Waals surface area contributed by atoms with Crippen LogP contribution >= 0.6 is 0 Å². The Bertz CT molecular complexity index is 1160. The summed E-state index contributed by atoms with van der Waals surface area (Å²) < 4.78 is 7.48. The number of aryl methyl sites for hydroxylation is 2. The summed E-state index contributed by atoms with van der Waals surface area (Å²) in [5, 5.41) is 1.09. The van der Waals surface area contributed by atoms with Gasteiger partial charge in [-0.25, -0.2) is 4.98 Å².